The molecule has 0 spiro atoms. The van der Waals surface area contributed by atoms with Gasteiger partial charge < -0.3 is 10.1 Å². The third kappa shape index (κ3) is 3.83. The Bertz CT molecular complexity index is 543. The number of nitrogens with one attached hydrogen (secondary N) is 1. The lowest BCUT2D eigenvalue weighted by Crippen LogP contribution is -2.03. The largest absolute Gasteiger partial charge is 0.487 e. The third-order valence-electron chi connectivity index (χ3n) is 2.58. The molecule has 0 fully saturated rings. The van der Waals surface area contributed by atoms with Crippen LogP contribution in [-0.4, -0.2) is 16.5 Å². The van der Waals surface area contributed by atoms with Gasteiger partial charge in [0.15, 0.2) is 0 Å². The number of hydrogen-bond acceptors (Lipinski definition) is 4. The third-order valence-corrected chi connectivity index (χ3v) is 3.00. The Morgan fingerprint density at radius 2 is 2.11 bits per heavy atom. The van der Waals surface area contributed by atoms with Crippen molar-refractivity contribution in [3.05, 3.63) is 46.9 Å². The zero-order valence-electron chi connectivity index (χ0n) is 11.0. The molecule has 1 aromatic carbocycles. The minimum atomic E-state index is 0.389. The minimum Gasteiger partial charge on any atom is -0.487 e. The zero-order valence-corrected chi connectivity index (χ0v) is 11.7. The van der Waals surface area contributed by atoms with Crippen molar-refractivity contribution in [2.45, 2.75) is 20.5 Å². The van der Waals surface area contributed by atoms with Crippen molar-refractivity contribution in [1.29, 1.82) is 0 Å². The summed E-state index contributed by atoms with van der Waals surface area (Å²) >= 11 is 5.96. The molecule has 0 saturated heterocycles. The van der Waals surface area contributed by atoms with Crippen LogP contribution in [-0.2, 0) is 6.61 Å². The molecular weight excluding hydrogens is 262 g/mol. The molecule has 0 radical (unpaired) electrons. The summed E-state index contributed by atoms with van der Waals surface area (Å²) in [4.78, 5) is 8.51. The van der Waals surface area contributed by atoms with Gasteiger partial charge in [-0.05, 0) is 37.6 Å². The minimum absolute atomic E-state index is 0.389. The van der Waals surface area contributed by atoms with Gasteiger partial charge in [0.25, 0.3) is 0 Å². The van der Waals surface area contributed by atoms with Crippen LogP contribution in [0.4, 0.5) is 5.82 Å². The Hall–Kier alpha value is -1.81. The lowest BCUT2D eigenvalue weighted by Gasteiger charge is -2.07. The molecule has 1 aromatic heterocycles. The molecule has 0 saturated carbocycles. The maximum absolute atomic E-state index is 5.96. The van der Waals surface area contributed by atoms with Crippen LogP contribution >= 0.6 is 11.6 Å². The summed E-state index contributed by atoms with van der Waals surface area (Å²) < 4.78 is 5.65. The molecule has 100 valence electrons. The van der Waals surface area contributed by atoms with Crippen LogP contribution in [0.3, 0.4) is 0 Å². The van der Waals surface area contributed by atoms with Crippen LogP contribution in [0, 0.1) is 6.92 Å². The standard InChI is InChI=1S/C14H16ClN3O/c1-3-16-14-8-17-11(7-18-14)9-19-12-4-5-13(15)10(2)6-12/h4-8H,3,9H2,1-2H3,(H,16,18). The average molecular weight is 278 g/mol. The summed E-state index contributed by atoms with van der Waals surface area (Å²) in [6, 6.07) is 5.57. The van der Waals surface area contributed by atoms with Gasteiger partial charge >= 0.3 is 0 Å². The second-order valence-electron chi connectivity index (χ2n) is 4.12. The number of anilines is 1. The van der Waals surface area contributed by atoms with Gasteiger partial charge in [0.1, 0.15) is 18.2 Å². The average Bonchev–Trinajstić information content (AvgIpc) is 2.42. The Balaban J connectivity index is 1.96. The van der Waals surface area contributed by atoms with Crippen LogP contribution < -0.4 is 10.1 Å². The van der Waals surface area contributed by atoms with E-state index < -0.39 is 0 Å². The van der Waals surface area contributed by atoms with E-state index in [1.54, 1.807) is 12.4 Å². The SMILES string of the molecule is CCNc1cnc(COc2ccc(Cl)c(C)c2)cn1. The summed E-state index contributed by atoms with van der Waals surface area (Å²) in [6.45, 7) is 5.18. The first-order valence-corrected chi connectivity index (χ1v) is 6.50. The molecule has 0 atom stereocenters. The van der Waals surface area contributed by atoms with E-state index in [9.17, 15) is 0 Å². The Kier molecular flexibility index (Phi) is 4.58. The second kappa shape index (κ2) is 6.38. The highest BCUT2D eigenvalue weighted by atomic mass is 35.5. The van der Waals surface area contributed by atoms with Gasteiger partial charge in [0, 0.05) is 11.6 Å². The van der Waals surface area contributed by atoms with Crippen molar-refractivity contribution in [1.82, 2.24) is 9.97 Å². The summed E-state index contributed by atoms with van der Waals surface area (Å²) in [6.07, 6.45) is 3.41. The van der Waals surface area contributed by atoms with E-state index in [1.165, 1.54) is 0 Å². The number of hydrogen-bond donors (Lipinski definition) is 1. The van der Waals surface area contributed by atoms with E-state index in [-0.39, 0.29) is 0 Å². The number of ether oxygens (including phenoxy) is 1. The Labute approximate surface area is 117 Å². The van der Waals surface area contributed by atoms with Gasteiger partial charge in [-0.15, -0.1) is 0 Å². The predicted molar refractivity (Wildman–Crippen MR) is 76.7 cm³/mol. The molecule has 2 rings (SSSR count). The molecule has 0 aliphatic rings. The quantitative estimate of drug-likeness (QED) is 0.909. The van der Waals surface area contributed by atoms with Crippen LogP contribution in [0.25, 0.3) is 0 Å². The summed E-state index contributed by atoms with van der Waals surface area (Å²) in [5.41, 5.74) is 1.78. The van der Waals surface area contributed by atoms with Gasteiger partial charge in [-0.3, -0.25) is 4.98 Å². The van der Waals surface area contributed by atoms with Crippen molar-refractivity contribution in [2.24, 2.45) is 0 Å². The van der Waals surface area contributed by atoms with Crippen LogP contribution in [0.15, 0.2) is 30.6 Å². The molecule has 0 aliphatic heterocycles. The number of aryl methyl sites for hydroxylation is 1. The summed E-state index contributed by atoms with van der Waals surface area (Å²) in [5, 5.41) is 3.83. The number of benzene rings is 1. The highest BCUT2D eigenvalue weighted by Gasteiger charge is 2.01. The molecule has 5 heteroatoms. The maximum Gasteiger partial charge on any atom is 0.144 e. The normalized spacial score (nSPS) is 10.3. The van der Waals surface area contributed by atoms with Gasteiger partial charge in [-0.25, -0.2) is 4.98 Å². The number of aromatic nitrogens is 2. The van der Waals surface area contributed by atoms with Crippen molar-refractivity contribution < 1.29 is 4.74 Å². The predicted octanol–water partition coefficient (Wildman–Crippen LogP) is 3.45. The van der Waals surface area contributed by atoms with E-state index in [2.05, 4.69) is 15.3 Å². The fourth-order valence-corrected chi connectivity index (χ4v) is 1.68. The molecular formula is C14H16ClN3O. The number of halogens is 1. The number of nitrogens with zero attached hydrogens (tertiary/aromatic N) is 2. The van der Waals surface area contributed by atoms with Crippen molar-refractivity contribution in [3.8, 4) is 5.75 Å². The van der Waals surface area contributed by atoms with E-state index >= 15 is 0 Å². The highest BCUT2D eigenvalue weighted by Crippen LogP contribution is 2.21. The zero-order chi connectivity index (χ0) is 13.7. The Morgan fingerprint density at radius 3 is 2.74 bits per heavy atom. The lowest BCUT2D eigenvalue weighted by molar-refractivity contribution is 0.300. The molecule has 0 amide bonds. The fourth-order valence-electron chi connectivity index (χ4n) is 1.57. The summed E-state index contributed by atoms with van der Waals surface area (Å²) in [7, 11) is 0. The van der Waals surface area contributed by atoms with Crippen LogP contribution in [0.5, 0.6) is 5.75 Å². The van der Waals surface area contributed by atoms with Gasteiger partial charge in [0.05, 0.1) is 18.1 Å². The van der Waals surface area contributed by atoms with Gasteiger partial charge in [-0.1, -0.05) is 11.6 Å². The molecule has 19 heavy (non-hydrogen) atoms. The fraction of sp³-hybridized carbons (Fsp3) is 0.286. The van der Waals surface area contributed by atoms with E-state index in [4.69, 9.17) is 16.3 Å². The van der Waals surface area contributed by atoms with Gasteiger partial charge in [-0.2, -0.15) is 0 Å². The van der Waals surface area contributed by atoms with Crippen molar-refractivity contribution >= 4 is 17.4 Å². The molecule has 0 bridgehead atoms. The second-order valence-corrected chi connectivity index (χ2v) is 4.53. The lowest BCUT2D eigenvalue weighted by atomic mass is 10.2. The monoisotopic (exact) mass is 277 g/mol. The maximum atomic E-state index is 5.96. The van der Waals surface area contributed by atoms with Gasteiger partial charge in [0.2, 0.25) is 0 Å². The topological polar surface area (TPSA) is 47.0 Å². The molecule has 1 heterocycles. The summed E-state index contributed by atoms with van der Waals surface area (Å²) in [5.74, 6) is 1.55. The molecule has 0 aliphatic carbocycles. The van der Waals surface area contributed by atoms with Crippen molar-refractivity contribution in [2.75, 3.05) is 11.9 Å². The first kappa shape index (κ1) is 13.6. The van der Waals surface area contributed by atoms with E-state index in [0.29, 0.717) is 6.61 Å². The smallest absolute Gasteiger partial charge is 0.144 e. The molecule has 1 N–H and O–H groups in total. The Morgan fingerprint density at radius 1 is 1.26 bits per heavy atom. The van der Waals surface area contributed by atoms with Crippen LogP contribution in [0.1, 0.15) is 18.2 Å². The molecule has 4 nitrogen and oxygen atoms in total. The first-order valence-electron chi connectivity index (χ1n) is 6.12. The highest BCUT2D eigenvalue weighted by molar-refractivity contribution is 6.31. The molecule has 2 aromatic rings. The van der Waals surface area contributed by atoms with Crippen molar-refractivity contribution in [3.63, 3.8) is 0 Å². The van der Waals surface area contributed by atoms with Crippen LogP contribution in [0.2, 0.25) is 5.02 Å². The van der Waals surface area contributed by atoms with E-state index in [0.717, 1.165) is 34.4 Å². The molecule has 0 unspecified atom stereocenters. The first-order chi connectivity index (χ1) is 9.19. The van der Waals surface area contributed by atoms with E-state index in [1.807, 2.05) is 32.0 Å². The number of rotatable bonds is 5.